The van der Waals surface area contributed by atoms with Crippen molar-refractivity contribution < 1.29 is 35.9 Å². The molecule has 0 aliphatic carbocycles. The number of rotatable bonds is 9. The molecule has 1 aliphatic heterocycles. The Labute approximate surface area is 272 Å². The zero-order valence-electron chi connectivity index (χ0n) is 24.6. The average Bonchev–Trinajstić information content (AvgIpc) is 3.50. The highest BCUT2D eigenvalue weighted by atomic mass is 35.5. The van der Waals surface area contributed by atoms with Gasteiger partial charge in [-0.3, -0.25) is 9.59 Å². The predicted molar refractivity (Wildman–Crippen MR) is 166 cm³/mol. The Morgan fingerprint density at radius 1 is 0.957 bits per heavy atom. The molecule has 1 heterocycles. The molecule has 2 atom stereocenters. The van der Waals surface area contributed by atoms with Gasteiger partial charge in [0.2, 0.25) is 11.8 Å². The maximum atomic E-state index is 13.7. The molecule has 3 aromatic rings. The van der Waals surface area contributed by atoms with Crippen molar-refractivity contribution >= 4 is 40.7 Å². The lowest BCUT2D eigenvalue weighted by molar-refractivity contribution is -0.143. The van der Waals surface area contributed by atoms with Gasteiger partial charge in [-0.2, -0.15) is 26.3 Å². The van der Waals surface area contributed by atoms with Crippen molar-refractivity contribution in [3.8, 4) is 0 Å². The predicted octanol–water partition coefficient (Wildman–Crippen LogP) is 6.60. The molecule has 1 aliphatic rings. The minimum atomic E-state index is -5.03. The number of hydrogen-bond donors (Lipinski definition) is 2. The number of alkyl halides is 6. The van der Waals surface area contributed by atoms with Crippen LogP contribution in [0.1, 0.15) is 40.7 Å². The second-order valence-electron chi connectivity index (χ2n) is 11.0. The van der Waals surface area contributed by atoms with Crippen molar-refractivity contribution in [2.24, 2.45) is 0 Å². The monoisotopic (exact) mass is 684 g/mol. The summed E-state index contributed by atoms with van der Waals surface area (Å²) in [5.41, 5.74) is -1.82. The first kappa shape index (κ1) is 35.0. The summed E-state index contributed by atoms with van der Waals surface area (Å²) in [4.78, 5) is 30.0. The molecule has 14 heteroatoms. The second-order valence-corrected chi connectivity index (χ2v) is 11.8. The molecule has 6 nitrogen and oxygen atoms in total. The first-order valence-corrected chi connectivity index (χ1v) is 15.1. The third-order valence-corrected chi connectivity index (χ3v) is 8.29. The fraction of sp³-hybridized carbons (Fsp3) is 0.344. The Morgan fingerprint density at radius 3 is 2.17 bits per heavy atom. The average molecular weight is 685 g/mol. The third kappa shape index (κ3) is 9.12. The topological polar surface area (TPSA) is 64.7 Å². The highest BCUT2D eigenvalue weighted by Crippen LogP contribution is 2.36. The normalized spacial score (nSPS) is 15.7. The number of nitrogens with zero attached hydrogens (tertiary/aromatic N) is 2. The van der Waals surface area contributed by atoms with Crippen LogP contribution in [-0.2, 0) is 41.5 Å². The molecule has 0 bridgehead atoms. The standard InChI is InChI=1S/C32H31ClF6N4O2S/c1-42(19-21-14-23(31(34,35)36)17-24(15-21)32(37,38)39)29(45)26(16-20-8-3-2-4-9-20)41-28(44)27-12-7-13-43(27)30(46)40-18-22-10-5-6-11-25(22)33/h2-6,8-11,14-15,17,26-27H,7,12-13,16,18-19H2,1H3,(H,40,46)(H,41,44)/t26-,27-/m0/s1. The van der Waals surface area contributed by atoms with Crippen molar-refractivity contribution in [2.75, 3.05) is 13.6 Å². The smallest absolute Gasteiger partial charge is 0.358 e. The number of amides is 2. The van der Waals surface area contributed by atoms with Crippen LogP contribution in [-0.4, -0.2) is 52.4 Å². The fourth-order valence-electron chi connectivity index (χ4n) is 5.24. The van der Waals surface area contributed by atoms with Crippen molar-refractivity contribution in [3.63, 3.8) is 0 Å². The van der Waals surface area contributed by atoms with E-state index in [1.165, 1.54) is 7.05 Å². The fourth-order valence-corrected chi connectivity index (χ4v) is 5.74. The molecule has 246 valence electrons. The molecule has 0 spiro atoms. The van der Waals surface area contributed by atoms with Gasteiger partial charge < -0.3 is 20.4 Å². The van der Waals surface area contributed by atoms with Gasteiger partial charge in [0.15, 0.2) is 5.11 Å². The van der Waals surface area contributed by atoms with E-state index in [-0.39, 0.29) is 18.1 Å². The van der Waals surface area contributed by atoms with Crippen LogP contribution in [0.2, 0.25) is 5.02 Å². The Morgan fingerprint density at radius 2 is 1.57 bits per heavy atom. The van der Waals surface area contributed by atoms with Crippen LogP contribution in [0.15, 0.2) is 72.8 Å². The number of carbonyl (C=O) groups is 2. The first-order chi connectivity index (χ1) is 21.6. The second kappa shape index (κ2) is 14.7. The summed E-state index contributed by atoms with van der Waals surface area (Å²) in [5.74, 6) is -1.17. The van der Waals surface area contributed by atoms with Crippen molar-refractivity contribution in [3.05, 3.63) is 106 Å². The van der Waals surface area contributed by atoms with Crippen LogP contribution in [0.3, 0.4) is 0 Å². The Kier molecular flexibility index (Phi) is 11.2. The Balaban J connectivity index is 1.51. The number of halogens is 7. The molecular weight excluding hydrogens is 654 g/mol. The van der Waals surface area contributed by atoms with Crippen LogP contribution in [0, 0.1) is 0 Å². The molecule has 0 saturated carbocycles. The highest BCUT2D eigenvalue weighted by Gasteiger charge is 2.38. The molecule has 4 rings (SSSR count). The molecule has 2 amide bonds. The van der Waals surface area contributed by atoms with Gasteiger partial charge in [0.1, 0.15) is 12.1 Å². The lowest BCUT2D eigenvalue weighted by Crippen LogP contribution is -2.55. The van der Waals surface area contributed by atoms with E-state index < -0.39 is 53.9 Å². The SMILES string of the molecule is CN(Cc1cc(C(F)(F)F)cc(C(F)(F)F)c1)C(=O)[C@H](Cc1ccccc1)NC(=O)[C@@H]1CCCN1C(=S)NCc1ccccc1Cl. The van der Waals surface area contributed by atoms with E-state index in [1.807, 2.05) is 12.1 Å². The molecule has 0 unspecified atom stereocenters. The van der Waals surface area contributed by atoms with Gasteiger partial charge in [-0.1, -0.05) is 60.1 Å². The van der Waals surface area contributed by atoms with Crippen LogP contribution in [0.5, 0.6) is 0 Å². The summed E-state index contributed by atoms with van der Waals surface area (Å²) >= 11 is 11.8. The molecule has 1 fully saturated rings. The number of likely N-dealkylation sites (tertiary alicyclic amines) is 1. The molecule has 0 aromatic heterocycles. The number of thiocarbonyl (C=S) groups is 1. The summed E-state index contributed by atoms with van der Waals surface area (Å²) in [6.45, 7) is 0.258. The Bertz CT molecular complexity index is 1520. The number of benzene rings is 3. The zero-order chi connectivity index (χ0) is 33.6. The summed E-state index contributed by atoms with van der Waals surface area (Å²) in [5, 5.41) is 6.77. The minimum absolute atomic E-state index is 0.0326. The summed E-state index contributed by atoms with van der Waals surface area (Å²) in [6, 6.07) is 15.3. The van der Waals surface area contributed by atoms with E-state index in [0.29, 0.717) is 53.8 Å². The van der Waals surface area contributed by atoms with Crippen LogP contribution < -0.4 is 10.6 Å². The molecule has 2 N–H and O–H groups in total. The van der Waals surface area contributed by atoms with Crippen LogP contribution in [0.4, 0.5) is 26.3 Å². The molecular formula is C32H31ClF6N4O2S. The quantitative estimate of drug-likeness (QED) is 0.197. The van der Waals surface area contributed by atoms with E-state index >= 15 is 0 Å². The molecule has 3 aromatic carbocycles. The molecule has 1 saturated heterocycles. The molecule has 0 radical (unpaired) electrons. The Hall–Kier alpha value is -3.84. The van der Waals surface area contributed by atoms with Crippen molar-refractivity contribution in [2.45, 2.75) is 56.8 Å². The summed E-state index contributed by atoms with van der Waals surface area (Å²) < 4.78 is 80.5. The lowest BCUT2D eigenvalue weighted by Gasteiger charge is -2.30. The number of hydrogen-bond acceptors (Lipinski definition) is 3. The maximum absolute atomic E-state index is 13.7. The van der Waals surface area contributed by atoms with Gasteiger partial charge in [0, 0.05) is 38.1 Å². The van der Waals surface area contributed by atoms with Gasteiger partial charge >= 0.3 is 12.4 Å². The third-order valence-electron chi connectivity index (χ3n) is 7.54. The summed E-state index contributed by atoms with van der Waals surface area (Å²) in [7, 11) is 1.26. The van der Waals surface area contributed by atoms with E-state index in [2.05, 4.69) is 10.6 Å². The highest BCUT2D eigenvalue weighted by molar-refractivity contribution is 7.80. The largest absolute Gasteiger partial charge is 0.416 e. The molecule has 46 heavy (non-hydrogen) atoms. The van der Waals surface area contributed by atoms with E-state index in [0.717, 1.165) is 10.5 Å². The zero-order valence-corrected chi connectivity index (χ0v) is 26.2. The van der Waals surface area contributed by atoms with Crippen molar-refractivity contribution in [1.82, 2.24) is 20.4 Å². The van der Waals surface area contributed by atoms with Crippen molar-refractivity contribution in [1.29, 1.82) is 0 Å². The lowest BCUT2D eigenvalue weighted by atomic mass is 10.0. The van der Waals surface area contributed by atoms with Crippen LogP contribution >= 0.6 is 23.8 Å². The number of carbonyl (C=O) groups excluding carboxylic acids is 2. The van der Waals surface area contributed by atoms with Gasteiger partial charge in [0.05, 0.1) is 11.1 Å². The van der Waals surface area contributed by atoms with E-state index in [4.69, 9.17) is 23.8 Å². The van der Waals surface area contributed by atoms with E-state index in [1.54, 1.807) is 47.4 Å². The van der Waals surface area contributed by atoms with Gasteiger partial charge in [-0.05, 0) is 66.0 Å². The number of nitrogens with one attached hydrogen (secondary N) is 2. The van der Waals surface area contributed by atoms with Gasteiger partial charge in [-0.25, -0.2) is 0 Å². The minimum Gasteiger partial charge on any atom is -0.358 e. The van der Waals surface area contributed by atoms with Gasteiger partial charge in [0.25, 0.3) is 0 Å². The first-order valence-electron chi connectivity index (χ1n) is 14.3. The van der Waals surface area contributed by atoms with E-state index in [9.17, 15) is 35.9 Å². The van der Waals surface area contributed by atoms with Crippen LogP contribution in [0.25, 0.3) is 0 Å². The maximum Gasteiger partial charge on any atom is 0.416 e. The van der Waals surface area contributed by atoms with Gasteiger partial charge in [-0.15, -0.1) is 0 Å². The summed E-state index contributed by atoms with van der Waals surface area (Å²) in [6.07, 6.45) is -8.92. The number of likely N-dealkylation sites (N-methyl/N-ethyl adjacent to an activating group) is 1.